The van der Waals surface area contributed by atoms with E-state index in [1.807, 2.05) is 24.3 Å². The Kier molecular flexibility index (Phi) is 5.77. The van der Waals surface area contributed by atoms with Crippen LogP contribution in [0, 0.1) is 0 Å². The second-order valence-corrected chi connectivity index (χ2v) is 8.00. The molecule has 0 radical (unpaired) electrons. The molecule has 0 bridgehead atoms. The van der Waals surface area contributed by atoms with Crippen LogP contribution in [0.5, 0.6) is 0 Å². The number of aliphatic hydroxyl groups is 1. The average molecular weight is 418 g/mol. The van der Waals surface area contributed by atoms with Crippen LogP contribution in [0.3, 0.4) is 0 Å². The summed E-state index contributed by atoms with van der Waals surface area (Å²) in [5.74, 6) is -0.315. The molecule has 2 atom stereocenters. The fraction of sp³-hybridized carbons (Fsp3) is 0.250. The van der Waals surface area contributed by atoms with Gasteiger partial charge in [0, 0.05) is 6.04 Å². The minimum absolute atomic E-state index is 0.0172. The summed E-state index contributed by atoms with van der Waals surface area (Å²) in [6.45, 7) is 3.67. The van der Waals surface area contributed by atoms with Crippen LogP contribution in [0.15, 0.2) is 72.3 Å². The zero-order valence-electron chi connectivity index (χ0n) is 17.2. The van der Waals surface area contributed by atoms with E-state index in [0.29, 0.717) is 5.92 Å². The van der Waals surface area contributed by atoms with Crippen LogP contribution in [0.2, 0.25) is 0 Å². The first-order valence-electron chi connectivity index (χ1n) is 10.3. The van der Waals surface area contributed by atoms with Gasteiger partial charge in [0.1, 0.15) is 17.2 Å². The van der Waals surface area contributed by atoms with Crippen molar-refractivity contribution >= 4 is 11.8 Å². The van der Waals surface area contributed by atoms with Crippen molar-refractivity contribution in [1.29, 1.82) is 0 Å². The number of rotatable bonds is 5. The zero-order chi connectivity index (χ0) is 22.0. The van der Waals surface area contributed by atoms with Crippen LogP contribution in [-0.2, 0) is 16.2 Å². The SMILES string of the molecule is C=C1NC(=O)C(N)=C(C(=O)N[C@H]2CC[C@@H](c3ccc(-c4ccc(CO)cc4)cc3)C2)N1. The van der Waals surface area contributed by atoms with Crippen LogP contribution >= 0.6 is 0 Å². The largest absolute Gasteiger partial charge is 0.392 e. The highest BCUT2D eigenvalue weighted by Crippen LogP contribution is 2.35. The number of hydrogen-bond acceptors (Lipinski definition) is 5. The lowest BCUT2D eigenvalue weighted by atomic mass is 9.94. The summed E-state index contributed by atoms with van der Waals surface area (Å²) in [7, 11) is 0. The molecule has 0 aromatic heterocycles. The van der Waals surface area contributed by atoms with Crippen molar-refractivity contribution in [3.63, 3.8) is 0 Å². The van der Waals surface area contributed by atoms with Crippen LogP contribution in [-0.4, -0.2) is 23.0 Å². The molecule has 2 aromatic carbocycles. The fourth-order valence-corrected chi connectivity index (χ4v) is 4.17. The van der Waals surface area contributed by atoms with E-state index in [9.17, 15) is 14.7 Å². The lowest BCUT2D eigenvalue weighted by molar-refractivity contribution is -0.121. The third kappa shape index (κ3) is 4.46. The average Bonchev–Trinajstić information content (AvgIpc) is 3.24. The summed E-state index contributed by atoms with van der Waals surface area (Å²) in [6, 6.07) is 16.4. The molecular weight excluding hydrogens is 392 g/mol. The Bertz CT molecular complexity index is 1040. The van der Waals surface area contributed by atoms with E-state index in [0.717, 1.165) is 36.0 Å². The molecule has 1 fully saturated rings. The highest BCUT2D eigenvalue weighted by Gasteiger charge is 2.30. The van der Waals surface area contributed by atoms with Gasteiger partial charge < -0.3 is 26.8 Å². The molecule has 0 unspecified atom stereocenters. The molecule has 2 amide bonds. The van der Waals surface area contributed by atoms with Crippen LogP contribution in [0.25, 0.3) is 11.1 Å². The van der Waals surface area contributed by atoms with E-state index >= 15 is 0 Å². The number of amides is 2. The van der Waals surface area contributed by atoms with Crippen molar-refractivity contribution < 1.29 is 14.7 Å². The van der Waals surface area contributed by atoms with Crippen molar-refractivity contribution in [3.8, 4) is 11.1 Å². The number of carbonyl (C=O) groups excluding carboxylic acids is 2. The fourth-order valence-electron chi connectivity index (χ4n) is 4.17. The summed E-state index contributed by atoms with van der Waals surface area (Å²) < 4.78 is 0. The summed E-state index contributed by atoms with van der Waals surface area (Å²) in [4.78, 5) is 24.4. The van der Waals surface area contributed by atoms with Gasteiger partial charge in [0.05, 0.1) is 6.61 Å². The molecule has 7 nitrogen and oxygen atoms in total. The summed E-state index contributed by atoms with van der Waals surface area (Å²) in [6.07, 6.45) is 2.67. The maximum absolute atomic E-state index is 12.6. The molecule has 1 heterocycles. The maximum Gasteiger partial charge on any atom is 0.274 e. The lowest BCUT2D eigenvalue weighted by Gasteiger charge is -2.22. The quantitative estimate of drug-likeness (QED) is 0.509. The maximum atomic E-state index is 12.6. The Morgan fingerprint density at radius 2 is 1.71 bits per heavy atom. The van der Waals surface area contributed by atoms with Gasteiger partial charge in [-0.05, 0) is 47.4 Å². The van der Waals surface area contributed by atoms with Gasteiger partial charge in [0.15, 0.2) is 0 Å². The van der Waals surface area contributed by atoms with Gasteiger partial charge >= 0.3 is 0 Å². The van der Waals surface area contributed by atoms with Crippen molar-refractivity contribution in [2.24, 2.45) is 5.73 Å². The zero-order valence-corrected chi connectivity index (χ0v) is 17.2. The van der Waals surface area contributed by atoms with Crippen LogP contribution in [0.4, 0.5) is 0 Å². The summed E-state index contributed by atoms with van der Waals surface area (Å²) in [5, 5.41) is 17.4. The molecule has 2 aliphatic rings. The number of hydrogen-bond donors (Lipinski definition) is 5. The van der Waals surface area contributed by atoms with E-state index < -0.39 is 5.91 Å². The number of carbonyl (C=O) groups is 2. The first kappa shape index (κ1) is 20.7. The van der Waals surface area contributed by atoms with E-state index in [1.165, 1.54) is 5.56 Å². The van der Waals surface area contributed by atoms with Gasteiger partial charge in [-0.3, -0.25) is 9.59 Å². The van der Waals surface area contributed by atoms with E-state index in [1.54, 1.807) is 0 Å². The molecule has 1 aliphatic carbocycles. The van der Waals surface area contributed by atoms with Crippen LogP contribution in [0.1, 0.15) is 36.3 Å². The van der Waals surface area contributed by atoms with Gasteiger partial charge in [0.2, 0.25) is 0 Å². The molecular formula is C24H26N4O3. The van der Waals surface area contributed by atoms with E-state index in [4.69, 9.17) is 5.73 Å². The summed E-state index contributed by atoms with van der Waals surface area (Å²) in [5.41, 5.74) is 10.0. The van der Waals surface area contributed by atoms with Crippen molar-refractivity contribution in [2.75, 3.05) is 0 Å². The number of nitrogens with two attached hydrogens (primary N) is 1. The van der Waals surface area contributed by atoms with Gasteiger partial charge in [-0.25, -0.2) is 0 Å². The molecule has 31 heavy (non-hydrogen) atoms. The molecule has 4 rings (SSSR count). The first-order chi connectivity index (χ1) is 14.9. The molecule has 1 saturated carbocycles. The van der Waals surface area contributed by atoms with Crippen molar-refractivity contribution in [2.45, 2.75) is 37.8 Å². The number of aliphatic hydroxyl groups excluding tert-OH is 1. The Morgan fingerprint density at radius 1 is 1.06 bits per heavy atom. The number of benzene rings is 2. The normalized spacial score (nSPS) is 20.9. The first-order valence-corrected chi connectivity index (χ1v) is 10.3. The van der Waals surface area contributed by atoms with E-state index in [2.05, 4.69) is 46.8 Å². The predicted octanol–water partition coefficient (Wildman–Crippen LogP) is 1.96. The summed E-state index contributed by atoms with van der Waals surface area (Å²) >= 11 is 0. The van der Waals surface area contributed by atoms with Gasteiger partial charge in [-0.15, -0.1) is 0 Å². The predicted molar refractivity (Wildman–Crippen MR) is 118 cm³/mol. The highest BCUT2D eigenvalue weighted by atomic mass is 16.3. The number of nitrogens with one attached hydrogen (secondary N) is 3. The Labute approximate surface area is 181 Å². The van der Waals surface area contributed by atoms with Crippen LogP contribution < -0.4 is 21.7 Å². The van der Waals surface area contributed by atoms with Gasteiger partial charge in [0.25, 0.3) is 11.8 Å². The minimum atomic E-state index is -0.524. The topological polar surface area (TPSA) is 116 Å². The molecule has 160 valence electrons. The third-order valence-electron chi connectivity index (χ3n) is 5.90. The highest BCUT2D eigenvalue weighted by molar-refractivity contribution is 6.05. The molecule has 0 saturated heterocycles. The van der Waals surface area contributed by atoms with Crippen molar-refractivity contribution in [3.05, 3.63) is 83.5 Å². The molecule has 0 spiro atoms. The Hall–Kier alpha value is -3.58. The minimum Gasteiger partial charge on any atom is -0.392 e. The second-order valence-electron chi connectivity index (χ2n) is 8.00. The van der Waals surface area contributed by atoms with Gasteiger partial charge in [-0.1, -0.05) is 55.1 Å². The second kappa shape index (κ2) is 8.65. The molecule has 7 heteroatoms. The molecule has 6 N–H and O–H groups in total. The van der Waals surface area contributed by atoms with Gasteiger partial charge in [-0.2, -0.15) is 0 Å². The Morgan fingerprint density at radius 3 is 2.35 bits per heavy atom. The van der Waals surface area contributed by atoms with E-state index in [-0.39, 0.29) is 35.8 Å². The Balaban J connectivity index is 1.38. The smallest absolute Gasteiger partial charge is 0.274 e. The molecule has 2 aromatic rings. The monoisotopic (exact) mass is 418 g/mol. The lowest BCUT2D eigenvalue weighted by Crippen LogP contribution is -2.47. The third-order valence-corrected chi connectivity index (χ3v) is 5.90. The molecule has 1 aliphatic heterocycles. The standard InChI is InChI=1S/C24H26N4O3/c1-14-26-22(21(25)23(30)27-14)24(31)28-20-11-10-19(12-20)18-8-6-17(7-9-18)16-4-2-15(13-29)3-5-16/h2-9,19-20,26,29H,1,10-13,25H2,(H,27,30)(H,28,31)/t19-,20+/m1/s1. The van der Waals surface area contributed by atoms with Crippen molar-refractivity contribution in [1.82, 2.24) is 16.0 Å².